The standard InChI is InChI=1S/C28H57NO4/c1-4-6-8-10-12-16-21-27(22-17-13-11-9-7-5-2)33-28(31)23-18-14-15-20-26(3)29(32)24-19-25-30/h26-27,30,32H,4-25H2,1-3H3. The SMILES string of the molecule is CCCCCCCCC(CCCCCCCC)OC(=O)CCCCCC(C)N(O)CCCO. The molecule has 0 aromatic carbocycles. The number of unbranched alkanes of at least 4 members (excludes halogenated alkanes) is 12. The highest BCUT2D eigenvalue weighted by molar-refractivity contribution is 5.69. The molecule has 33 heavy (non-hydrogen) atoms. The van der Waals surface area contributed by atoms with Crippen LogP contribution in [0.5, 0.6) is 0 Å². The summed E-state index contributed by atoms with van der Waals surface area (Å²) >= 11 is 0. The van der Waals surface area contributed by atoms with E-state index < -0.39 is 0 Å². The maximum Gasteiger partial charge on any atom is 0.306 e. The molecular formula is C28H57NO4. The molecule has 0 aliphatic carbocycles. The van der Waals surface area contributed by atoms with Gasteiger partial charge in [0.25, 0.3) is 0 Å². The van der Waals surface area contributed by atoms with Gasteiger partial charge in [0.15, 0.2) is 0 Å². The first-order valence-corrected chi connectivity index (χ1v) is 14.3. The topological polar surface area (TPSA) is 70.0 Å². The van der Waals surface area contributed by atoms with Gasteiger partial charge in [-0.1, -0.05) is 90.9 Å². The largest absolute Gasteiger partial charge is 0.462 e. The van der Waals surface area contributed by atoms with Crippen LogP contribution < -0.4 is 0 Å². The van der Waals surface area contributed by atoms with Gasteiger partial charge in [-0.2, -0.15) is 5.06 Å². The third kappa shape index (κ3) is 21.6. The molecule has 0 aliphatic rings. The molecule has 0 saturated carbocycles. The van der Waals surface area contributed by atoms with E-state index in [2.05, 4.69) is 13.8 Å². The van der Waals surface area contributed by atoms with Crippen LogP contribution in [0, 0.1) is 0 Å². The highest BCUT2D eigenvalue weighted by Gasteiger charge is 2.15. The average Bonchev–Trinajstić information content (AvgIpc) is 2.81. The fourth-order valence-corrected chi connectivity index (χ4v) is 4.30. The van der Waals surface area contributed by atoms with Crippen LogP contribution in [0.1, 0.15) is 149 Å². The monoisotopic (exact) mass is 471 g/mol. The molecule has 0 rings (SSSR count). The molecule has 0 fully saturated rings. The van der Waals surface area contributed by atoms with Gasteiger partial charge in [-0.05, 0) is 51.9 Å². The Labute approximate surface area is 205 Å². The lowest BCUT2D eigenvalue weighted by atomic mass is 10.0. The van der Waals surface area contributed by atoms with Crippen LogP contribution in [-0.4, -0.2) is 46.6 Å². The molecule has 0 amide bonds. The first kappa shape index (κ1) is 32.4. The normalized spacial score (nSPS) is 12.6. The van der Waals surface area contributed by atoms with Gasteiger partial charge in [-0.3, -0.25) is 4.79 Å². The summed E-state index contributed by atoms with van der Waals surface area (Å²) in [5.41, 5.74) is 0. The summed E-state index contributed by atoms with van der Waals surface area (Å²) in [5.74, 6) is -0.0308. The highest BCUT2D eigenvalue weighted by atomic mass is 16.5. The molecule has 0 heterocycles. The number of hydrogen-bond donors (Lipinski definition) is 2. The fraction of sp³-hybridized carbons (Fsp3) is 0.964. The Bertz CT molecular complexity index is 403. The predicted octanol–water partition coefficient (Wildman–Crippen LogP) is 7.81. The Kier molecular flexibility index (Phi) is 24.0. The molecule has 1 unspecified atom stereocenters. The van der Waals surface area contributed by atoms with E-state index in [9.17, 15) is 10.0 Å². The minimum absolute atomic E-state index is 0.0308. The molecule has 0 saturated heterocycles. The number of rotatable bonds is 25. The molecule has 0 bridgehead atoms. The zero-order chi connectivity index (χ0) is 24.6. The van der Waals surface area contributed by atoms with Crippen molar-refractivity contribution in [3.63, 3.8) is 0 Å². The van der Waals surface area contributed by atoms with Crippen LogP contribution in [0.3, 0.4) is 0 Å². The van der Waals surface area contributed by atoms with Gasteiger partial charge in [-0.15, -0.1) is 0 Å². The number of nitrogens with zero attached hydrogens (tertiary/aromatic N) is 1. The van der Waals surface area contributed by atoms with Crippen molar-refractivity contribution in [2.75, 3.05) is 13.2 Å². The van der Waals surface area contributed by atoms with Gasteiger partial charge in [0.1, 0.15) is 6.10 Å². The van der Waals surface area contributed by atoms with Gasteiger partial charge < -0.3 is 15.1 Å². The van der Waals surface area contributed by atoms with Crippen molar-refractivity contribution >= 4 is 5.97 Å². The smallest absolute Gasteiger partial charge is 0.306 e. The first-order chi connectivity index (χ1) is 16.0. The molecule has 0 aromatic rings. The number of carbonyl (C=O) groups is 1. The van der Waals surface area contributed by atoms with Crippen molar-refractivity contribution in [3.05, 3.63) is 0 Å². The number of hydroxylamine groups is 2. The maximum atomic E-state index is 12.4. The molecule has 198 valence electrons. The number of aliphatic hydroxyl groups excluding tert-OH is 1. The number of esters is 1. The summed E-state index contributed by atoms with van der Waals surface area (Å²) in [4.78, 5) is 12.4. The van der Waals surface area contributed by atoms with Crippen LogP contribution in [0.15, 0.2) is 0 Å². The zero-order valence-electron chi connectivity index (χ0n) is 22.4. The Morgan fingerprint density at radius 2 is 1.21 bits per heavy atom. The molecule has 0 aliphatic heterocycles. The zero-order valence-corrected chi connectivity index (χ0v) is 22.4. The van der Waals surface area contributed by atoms with Crippen molar-refractivity contribution in [1.29, 1.82) is 0 Å². The molecule has 0 spiro atoms. The van der Waals surface area contributed by atoms with E-state index in [4.69, 9.17) is 9.84 Å². The van der Waals surface area contributed by atoms with Gasteiger partial charge >= 0.3 is 5.97 Å². The van der Waals surface area contributed by atoms with Crippen LogP contribution in [-0.2, 0) is 9.53 Å². The number of carbonyl (C=O) groups excluding carboxylic acids is 1. The van der Waals surface area contributed by atoms with Crippen molar-refractivity contribution in [2.45, 2.75) is 161 Å². The van der Waals surface area contributed by atoms with Gasteiger partial charge in [0, 0.05) is 25.6 Å². The lowest BCUT2D eigenvalue weighted by molar-refractivity contribution is -0.150. The van der Waals surface area contributed by atoms with Gasteiger partial charge in [0.05, 0.1) is 0 Å². The molecular weight excluding hydrogens is 414 g/mol. The molecule has 5 nitrogen and oxygen atoms in total. The van der Waals surface area contributed by atoms with Crippen molar-refractivity contribution < 1.29 is 19.8 Å². The van der Waals surface area contributed by atoms with E-state index in [-0.39, 0.29) is 24.7 Å². The summed E-state index contributed by atoms with van der Waals surface area (Å²) < 4.78 is 5.91. The molecule has 0 radical (unpaired) electrons. The van der Waals surface area contributed by atoms with Crippen LogP contribution in [0.2, 0.25) is 0 Å². The summed E-state index contributed by atoms with van der Waals surface area (Å²) in [7, 11) is 0. The second-order valence-electron chi connectivity index (χ2n) is 9.91. The third-order valence-electron chi connectivity index (χ3n) is 6.61. The number of hydrogen-bond acceptors (Lipinski definition) is 5. The summed E-state index contributed by atoms with van der Waals surface area (Å²) in [6.45, 7) is 7.10. The Morgan fingerprint density at radius 3 is 1.76 bits per heavy atom. The van der Waals surface area contributed by atoms with Crippen molar-refractivity contribution in [3.8, 4) is 0 Å². The third-order valence-corrected chi connectivity index (χ3v) is 6.61. The van der Waals surface area contributed by atoms with Crippen molar-refractivity contribution in [2.24, 2.45) is 0 Å². The number of ether oxygens (including phenoxy) is 1. The second kappa shape index (κ2) is 24.5. The van der Waals surface area contributed by atoms with Gasteiger partial charge in [-0.25, -0.2) is 0 Å². The van der Waals surface area contributed by atoms with Gasteiger partial charge in [0.2, 0.25) is 0 Å². The quantitative estimate of drug-likeness (QED) is 0.0807. The van der Waals surface area contributed by atoms with Crippen LogP contribution in [0.4, 0.5) is 0 Å². The highest BCUT2D eigenvalue weighted by Crippen LogP contribution is 2.18. The van der Waals surface area contributed by atoms with E-state index in [0.717, 1.165) is 38.5 Å². The Morgan fingerprint density at radius 1 is 0.727 bits per heavy atom. The van der Waals surface area contributed by atoms with E-state index >= 15 is 0 Å². The van der Waals surface area contributed by atoms with E-state index in [1.807, 2.05) is 6.92 Å². The predicted molar refractivity (Wildman–Crippen MR) is 139 cm³/mol. The lowest BCUT2D eigenvalue weighted by Gasteiger charge is -2.22. The Balaban J connectivity index is 4.10. The summed E-state index contributed by atoms with van der Waals surface area (Å²) in [5, 5.41) is 20.1. The minimum atomic E-state index is -0.0308. The fourth-order valence-electron chi connectivity index (χ4n) is 4.30. The van der Waals surface area contributed by atoms with E-state index in [1.54, 1.807) is 0 Å². The van der Waals surface area contributed by atoms with Crippen LogP contribution in [0.25, 0.3) is 0 Å². The molecule has 2 N–H and O–H groups in total. The molecule has 0 aromatic heterocycles. The summed E-state index contributed by atoms with van der Waals surface area (Å²) in [6.07, 6.45) is 22.3. The first-order valence-electron chi connectivity index (χ1n) is 14.3. The second-order valence-corrected chi connectivity index (χ2v) is 9.91. The lowest BCUT2D eigenvalue weighted by Crippen LogP contribution is -2.31. The summed E-state index contributed by atoms with van der Waals surface area (Å²) in [6, 6.07) is 0.0857. The maximum absolute atomic E-state index is 12.4. The van der Waals surface area contributed by atoms with E-state index in [1.165, 1.54) is 82.1 Å². The Hall–Kier alpha value is -0.650. The number of aliphatic hydroxyl groups is 1. The average molecular weight is 472 g/mol. The van der Waals surface area contributed by atoms with Crippen molar-refractivity contribution in [1.82, 2.24) is 5.06 Å². The van der Waals surface area contributed by atoms with Crippen LogP contribution >= 0.6 is 0 Å². The molecule has 1 atom stereocenters. The minimum Gasteiger partial charge on any atom is -0.462 e. The molecule has 5 heteroatoms. The van der Waals surface area contributed by atoms with E-state index in [0.29, 0.717) is 19.4 Å².